The van der Waals surface area contributed by atoms with Gasteiger partial charge in [-0.25, -0.2) is 4.79 Å². The van der Waals surface area contributed by atoms with E-state index in [4.69, 9.17) is 0 Å². The van der Waals surface area contributed by atoms with Crippen molar-refractivity contribution in [3.8, 4) is 0 Å². The molecule has 5 nitrogen and oxygen atoms in total. The van der Waals surface area contributed by atoms with Gasteiger partial charge < -0.3 is 15.0 Å². The molecule has 0 bridgehead atoms. The second-order valence-corrected chi connectivity index (χ2v) is 6.02. The number of aromatic nitrogens is 1. The Morgan fingerprint density at radius 1 is 1.27 bits per heavy atom. The Balaban J connectivity index is 2.13. The predicted octanol–water partition coefficient (Wildman–Crippen LogP) is 2.57. The first-order chi connectivity index (χ1) is 10.4. The Morgan fingerprint density at radius 3 is 2.59 bits per heavy atom. The van der Waals surface area contributed by atoms with Gasteiger partial charge >= 0.3 is 5.97 Å². The summed E-state index contributed by atoms with van der Waals surface area (Å²) in [6, 6.07) is 9.01. The number of carboxylic acids is 1. The first-order valence-electron chi connectivity index (χ1n) is 7.45. The molecule has 2 N–H and O–H groups in total. The van der Waals surface area contributed by atoms with E-state index in [0.717, 1.165) is 16.6 Å². The largest absolute Gasteiger partial charge is 0.480 e. The Morgan fingerprint density at radius 2 is 1.95 bits per heavy atom. The van der Waals surface area contributed by atoms with E-state index in [1.54, 1.807) is 0 Å². The Bertz CT molecular complexity index is 688. The second kappa shape index (κ2) is 6.64. The van der Waals surface area contributed by atoms with Crippen LogP contribution in [-0.2, 0) is 16.1 Å². The predicted molar refractivity (Wildman–Crippen MR) is 85.7 cm³/mol. The van der Waals surface area contributed by atoms with Crippen LogP contribution in [0.1, 0.15) is 26.0 Å². The van der Waals surface area contributed by atoms with Crippen LogP contribution in [0.2, 0.25) is 0 Å². The van der Waals surface area contributed by atoms with Crippen LogP contribution in [0.15, 0.2) is 30.3 Å². The van der Waals surface area contributed by atoms with Crippen LogP contribution in [0.3, 0.4) is 0 Å². The molecule has 1 aromatic heterocycles. The summed E-state index contributed by atoms with van der Waals surface area (Å²) in [5.41, 5.74) is 1.96. The number of hydrogen-bond acceptors (Lipinski definition) is 2. The minimum absolute atomic E-state index is 0.126. The lowest BCUT2D eigenvalue weighted by Gasteiger charge is -2.17. The second-order valence-electron chi connectivity index (χ2n) is 6.02. The van der Waals surface area contributed by atoms with Gasteiger partial charge in [0, 0.05) is 11.2 Å². The number of nitrogens with one attached hydrogen (secondary N) is 1. The molecule has 0 aliphatic rings. The number of carbonyl (C=O) groups is 2. The van der Waals surface area contributed by atoms with E-state index in [1.807, 2.05) is 55.7 Å². The summed E-state index contributed by atoms with van der Waals surface area (Å²) < 4.78 is 1.90. The molecule has 0 aliphatic heterocycles. The Kier molecular flexibility index (Phi) is 4.85. The van der Waals surface area contributed by atoms with Crippen LogP contribution in [0.25, 0.3) is 10.9 Å². The standard InChI is InChI=1S/C17H22N2O3/c1-11(2)8-14(17(21)22)18-16(20)10-19-12(3)9-13-6-4-5-7-15(13)19/h4-7,9,11,14H,8,10H2,1-3H3,(H,18,20)(H,21,22)/t14-/m1/s1. The molecular formula is C17H22N2O3. The van der Waals surface area contributed by atoms with Crippen molar-refractivity contribution in [3.63, 3.8) is 0 Å². The van der Waals surface area contributed by atoms with Gasteiger partial charge in [0.05, 0.1) is 0 Å². The highest BCUT2D eigenvalue weighted by Crippen LogP contribution is 2.19. The highest BCUT2D eigenvalue weighted by Gasteiger charge is 2.21. The van der Waals surface area contributed by atoms with Crippen LogP contribution in [0.5, 0.6) is 0 Å². The van der Waals surface area contributed by atoms with E-state index in [-0.39, 0.29) is 18.4 Å². The topological polar surface area (TPSA) is 71.3 Å². The average molecular weight is 302 g/mol. The van der Waals surface area contributed by atoms with Gasteiger partial charge in [0.25, 0.3) is 0 Å². The summed E-state index contributed by atoms with van der Waals surface area (Å²) in [5, 5.41) is 12.9. The molecule has 0 fully saturated rings. The van der Waals surface area contributed by atoms with E-state index >= 15 is 0 Å². The van der Waals surface area contributed by atoms with Gasteiger partial charge in [0.2, 0.25) is 5.91 Å². The third-order valence-electron chi connectivity index (χ3n) is 3.66. The van der Waals surface area contributed by atoms with Crippen LogP contribution in [0, 0.1) is 12.8 Å². The van der Waals surface area contributed by atoms with Gasteiger partial charge in [-0.1, -0.05) is 32.0 Å². The maximum Gasteiger partial charge on any atom is 0.326 e. The minimum atomic E-state index is -0.990. The number of fused-ring (bicyclic) bond motifs is 1. The van der Waals surface area contributed by atoms with Crippen LogP contribution in [-0.4, -0.2) is 27.6 Å². The van der Waals surface area contributed by atoms with Crippen molar-refractivity contribution in [2.75, 3.05) is 0 Å². The average Bonchev–Trinajstić information content (AvgIpc) is 2.74. The minimum Gasteiger partial charge on any atom is -0.480 e. The highest BCUT2D eigenvalue weighted by atomic mass is 16.4. The summed E-state index contributed by atoms with van der Waals surface area (Å²) in [4.78, 5) is 23.4. The van der Waals surface area contributed by atoms with E-state index < -0.39 is 12.0 Å². The molecule has 0 radical (unpaired) electrons. The maximum absolute atomic E-state index is 12.2. The lowest BCUT2D eigenvalue weighted by molar-refractivity contribution is -0.142. The molecule has 2 aromatic rings. The van der Waals surface area contributed by atoms with Crippen LogP contribution < -0.4 is 5.32 Å². The third kappa shape index (κ3) is 3.67. The SMILES string of the molecule is Cc1cc2ccccc2n1CC(=O)N[C@H](CC(C)C)C(=O)O. The summed E-state index contributed by atoms with van der Waals surface area (Å²) in [5.74, 6) is -1.07. The summed E-state index contributed by atoms with van der Waals surface area (Å²) in [6.45, 7) is 5.94. The molecule has 1 heterocycles. The van der Waals surface area contributed by atoms with Gasteiger partial charge in [-0.05, 0) is 36.8 Å². The number of benzene rings is 1. The van der Waals surface area contributed by atoms with Crippen molar-refractivity contribution in [2.45, 2.75) is 39.8 Å². The molecule has 0 aliphatic carbocycles. The lowest BCUT2D eigenvalue weighted by Crippen LogP contribution is -2.43. The third-order valence-corrected chi connectivity index (χ3v) is 3.66. The zero-order valence-corrected chi connectivity index (χ0v) is 13.2. The number of carboxylic acid groups (broad SMARTS) is 1. The number of amides is 1. The van der Waals surface area contributed by atoms with Crippen molar-refractivity contribution in [1.82, 2.24) is 9.88 Å². The molecule has 22 heavy (non-hydrogen) atoms. The number of rotatable bonds is 6. The molecular weight excluding hydrogens is 280 g/mol. The Labute approximate surface area is 129 Å². The van der Waals surface area contributed by atoms with Crippen LogP contribution >= 0.6 is 0 Å². The maximum atomic E-state index is 12.2. The quantitative estimate of drug-likeness (QED) is 0.861. The normalized spacial score (nSPS) is 12.5. The summed E-state index contributed by atoms with van der Waals surface area (Å²) in [6.07, 6.45) is 0.423. The van der Waals surface area contributed by atoms with Crippen molar-refractivity contribution in [3.05, 3.63) is 36.0 Å². The molecule has 1 amide bonds. The van der Waals surface area contributed by atoms with E-state index in [0.29, 0.717) is 6.42 Å². The number of aryl methyl sites for hydroxylation is 1. The molecule has 0 unspecified atom stereocenters. The van der Waals surface area contributed by atoms with Gasteiger partial charge in [0.1, 0.15) is 12.6 Å². The van der Waals surface area contributed by atoms with E-state index in [1.165, 1.54) is 0 Å². The monoisotopic (exact) mass is 302 g/mol. The van der Waals surface area contributed by atoms with Gasteiger partial charge in [-0.3, -0.25) is 4.79 Å². The molecule has 2 rings (SSSR count). The van der Waals surface area contributed by atoms with Gasteiger partial charge in [0.15, 0.2) is 0 Å². The van der Waals surface area contributed by atoms with Crippen molar-refractivity contribution < 1.29 is 14.7 Å². The van der Waals surface area contributed by atoms with E-state index in [9.17, 15) is 14.7 Å². The zero-order valence-electron chi connectivity index (χ0n) is 13.2. The van der Waals surface area contributed by atoms with Crippen molar-refractivity contribution in [1.29, 1.82) is 0 Å². The number of para-hydroxylation sites is 1. The molecule has 5 heteroatoms. The van der Waals surface area contributed by atoms with Crippen molar-refractivity contribution >= 4 is 22.8 Å². The first-order valence-corrected chi connectivity index (χ1v) is 7.45. The van der Waals surface area contributed by atoms with Crippen molar-refractivity contribution in [2.24, 2.45) is 5.92 Å². The summed E-state index contributed by atoms with van der Waals surface area (Å²) >= 11 is 0. The number of nitrogens with zero attached hydrogens (tertiary/aromatic N) is 1. The number of hydrogen-bond donors (Lipinski definition) is 2. The fraction of sp³-hybridized carbons (Fsp3) is 0.412. The molecule has 1 atom stereocenters. The smallest absolute Gasteiger partial charge is 0.326 e. The lowest BCUT2D eigenvalue weighted by atomic mass is 10.0. The zero-order chi connectivity index (χ0) is 16.3. The molecule has 118 valence electrons. The van der Waals surface area contributed by atoms with Gasteiger partial charge in [-0.15, -0.1) is 0 Å². The first kappa shape index (κ1) is 16.1. The number of carbonyl (C=O) groups excluding carboxylic acids is 1. The Hall–Kier alpha value is -2.30. The molecule has 0 saturated carbocycles. The fourth-order valence-corrected chi connectivity index (χ4v) is 2.63. The molecule has 1 aromatic carbocycles. The molecule has 0 spiro atoms. The van der Waals surface area contributed by atoms with Crippen LogP contribution in [0.4, 0.5) is 0 Å². The fourth-order valence-electron chi connectivity index (χ4n) is 2.63. The van der Waals surface area contributed by atoms with E-state index in [2.05, 4.69) is 5.32 Å². The highest BCUT2D eigenvalue weighted by molar-refractivity contribution is 5.86. The summed E-state index contributed by atoms with van der Waals surface area (Å²) in [7, 11) is 0. The number of aliphatic carboxylic acids is 1. The van der Waals surface area contributed by atoms with Gasteiger partial charge in [-0.2, -0.15) is 0 Å². The molecule has 0 saturated heterocycles.